The highest BCUT2D eigenvalue weighted by Crippen LogP contribution is 2.31. The first-order chi connectivity index (χ1) is 8.48. The van der Waals surface area contributed by atoms with E-state index in [9.17, 15) is 4.79 Å². The van der Waals surface area contributed by atoms with E-state index in [1.807, 2.05) is 20.8 Å². The van der Waals surface area contributed by atoms with Gasteiger partial charge in [-0.3, -0.25) is 9.69 Å². The lowest BCUT2D eigenvalue weighted by Gasteiger charge is -2.44. The topological polar surface area (TPSA) is 29.5 Å². The van der Waals surface area contributed by atoms with E-state index in [1.54, 1.807) is 0 Å². The lowest BCUT2D eigenvalue weighted by molar-refractivity contribution is -0.155. The van der Waals surface area contributed by atoms with Crippen LogP contribution in [-0.2, 0) is 9.53 Å². The molecule has 0 radical (unpaired) electrons. The van der Waals surface area contributed by atoms with Crippen LogP contribution >= 0.6 is 0 Å². The van der Waals surface area contributed by atoms with Crippen LogP contribution in [0.5, 0.6) is 0 Å². The Morgan fingerprint density at radius 3 is 2.61 bits per heavy atom. The predicted octanol–water partition coefficient (Wildman–Crippen LogP) is 2.84. The van der Waals surface area contributed by atoms with Crippen molar-refractivity contribution in [1.82, 2.24) is 4.90 Å². The maximum absolute atomic E-state index is 11.8. The summed E-state index contributed by atoms with van der Waals surface area (Å²) >= 11 is 0. The van der Waals surface area contributed by atoms with Crippen LogP contribution in [0, 0.1) is 11.3 Å². The number of carbonyl (C=O) groups excluding carboxylic acids is 1. The molecule has 0 amide bonds. The van der Waals surface area contributed by atoms with Gasteiger partial charge in [0.25, 0.3) is 0 Å². The summed E-state index contributed by atoms with van der Waals surface area (Å²) in [5, 5.41) is 0. The number of carbonyl (C=O) groups is 1. The van der Waals surface area contributed by atoms with Gasteiger partial charge in [-0.2, -0.15) is 0 Å². The molecule has 3 heteroatoms. The van der Waals surface area contributed by atoms with Gasteiger partial charge >= 0.3 is 5.97 Å². The van der Waals surface area contributed by atoms with Crippen LogP contribution in [0.25, 0.3) is 0 Å². The second-order valence-electron chi connectivity index (χ2n) is 6.85. The Hall–Kier alpha value is -0.570. The van der Waals surface area contributed by atoms with Crippen molar-refractivity contribution in [1.29, 1.82) is 0 Å². The molecule has 2 aliphatic heterocycles. The molecule has 0 N–H and O–H groups in total. The zero-order chi connectivity index (χ0) is 13.2. The largest absolute Gasteiger partial charge is 0.465 e. The average molecular weight is 253 g/mol. The second kappa shape index (κ2) is 5.60. The summed E-state index contributed by atoms with van der Waals surface area (Å²) in [6.07, 6.45) is 6.44. The number of ether oxygens (including phenoxy) is 1. The standard InChI is InChI=1S/C15H27NO2/c1-15(2,3)14(17)18-11-12-7-6-10-16-9-5-4-8-13(12)16/h12-13H,4-11H2,1-3H3/t12-,13-/m1/s1. The third-order valence-corrected chi connectivity index (χ3v) is 4.27. The molecule has 0 spiro atoms. The normalized spacial score (nSPS) is 29.7. The number of piperidine rings is 2. The minimum atomic E-state index is -0.374. The van der Waals surface area contributed by atoms with Crippen molar-refractivity contribution in [3.8, 4) is 0 Å². The monoisotopic (exact) mass is 253 g/mol. The van der Waals surface area contributed by atoms with E-state index in [2.05, 4.69) is 4.90 Å². The van der Waals surface area contributed by atoms with Gasteiger partial charge in [0.15, 0.2) is 0 Å². The van der Waals surface area contributed by atoms with E-state index in [1.165, 1.54) is 45.2 Å². The Kier molecular flexibility index (Phi) is 4.31. The number of esters is 1. The lowest BCUT2D eigenvalue weighted by atomic mass is 9.84. The van der Waals surface area contributed by atoms with Crippen LogP contribution in [0.3, 0.4) is 0 Å². The van der Waals surface area contributed by atoms with E-state index in [0.29, 0.717) is 18.6 Å². The molecule has 2 heterocycles. The molecule has 104 valence electrons. The summed E-state index contributed by atoms with van der Waals surface area (Å²) in [6, 6.07) is 0.667. The molecule has 0 aromatic heterocycles. The molecule has 2 fully saturated rings. The maximum atomic E-state index is 11.8. The van der Waals surface area contributed by atoms with Crippen LogP contribution in [0.4, 0.5) is 0 Å². The van der Waals surface area contributed by atoms with Gasteiger partial charge in [-0.05, 0) is 59.5 Å². The highest BCUT2D eigenvalue weighted by atomic mass is 16.5. The number of hydrogen-bond acceptors (Lipinski definition) is 3. The molecule has 2 saturated heterocycles. The SMILES string of the molecule is CC(C)(C)C(=O)OC[C@H]1CCCN2CCCC[C@H]12. The molecule has 0 bridgehead atoms. The number of nitrogens with zero attached hydrogens (tertiary/aromatic N) is 1. The molecule has 0 unspecified atom stereocenters. The van der Waals surface area contributed by atoms with Crippen LogP contribution in [-0.4, -0.2) is 36.6 Å². The Labute approximate surface area is 111 Å². The summed E-state index contributed by atoms with van der Waals surface area (Å²) < 4.78 is 5.53. The third kappa shape index (κ3) is 3.25. The van der Waals surface area contributed by atoms with Crippen LogP contribution in [0.15, 0.2) is 0 Å². The van der Waals surface area contributed by atoms with E-state index < -0.39 is 0 Å². The molecule has 3 nitrogen and oxygen atoms in total. The van der Waals surface area contributed by atoms with E-state index >= 15 is 0 Å². The molecule has 0 saturated carbocycles. The first-order valence-corrected chi connectivity index (χ1v) is 7.40. The van der Waals surface area contributed by atoms with Crippen LogP contribution < -0.4 is 0 Å². The first kappa shape index (κ1) is 13.9. The van der Waals surface area contributed by atoms with Crippen molar-refractivity contribution in [3.05, 3.63) is 0 Å². The van der Waals surface area contributed by atoms with Crippen LogP contribution in [0.1, 0.15) is 52.9 Å². The van der Waals surface area contributed by atoms with Crippen LogP contribution in [0.2, 0.25) is 0 Å². The number of rotatable bonds is 2. The van der Waals surface area contributed by atoms with Gasteiger partial charge in [0.2, 0.25) is 0 Å². The highest BCUT2D eigenvalue weighted by Gasteiger charge is 2.34. The van der Waals surface area contributed by atoms with Crippen molar-refractivity contribution < 1.29 is 9.53 Å². The van der Waals surface area contributed by atoms with Gasteiger partial charge in [0.05, 0.1) is 12.0 Å². The minimum Gasteiger partial charge on any atom is -0.465 e. The molecule has 18 heavy (non-hydrogen) atoms. The fourth-order valence-corrected chi connectivity index (χ4v) is 3.17. The van der Waals surface area contributed by atoms with E-state index in [-0.39, 0.29) is 11.4 Å². The molecule has 2 rings (SSSR count). The summed E-state index contributed by atoms with van der Waals surface area (Å²) in [4.78, 5) is 14.4. The van der Waals surface area contributed by atoms with Gasteiger partial charge in [-0.1, -0.05) is 6.42 Å². The van der Waals surface area contributed by atoms with Gasteiger partial charge in [0, 0.05) is 12.0 Å². The summed E-state index contributed by atoms with van der Waals surface area (Å²) in [5.41, 5.74) is -0.374. The zero-order valence-corrected chi connectivity index (χ0v) is 12.1. The van der Waals surface area contributed by atoms with Crippen molar-refractivity contribution in [3.63, 3.8) is 0 Å². The Morgan fingerprint density at radius 1 is 1.17 bits per heavy atom. The van der Waals surface area contributed by atoms with Crippen molar-refractivity contribution in [2.45, 2.75) is 58.9 Å². The Balaban J connectivity index is 1.86. The molecule has 2 atom stereocenters. The predicted molar refractivity (Wildman–Crippen MR) is 72.4 cm³/mol. The minimum absolute atomic E-state index is 0.0598. The lowest BCUT2D eigenvalue weighted by Crippen LogP contribution is -2.49. The second-order valence-corrected chi connectivity index (χ2v) is 6.85. The summed E-state index contributed by atoms with van der Waals surface area (Å²) in [5.74, 6) is 0.501. The molecular weight excluding hydrogens is 226 g/mol. The van der Waals surface area contributed by atoms with Gasteiger partial charge < -0.3 is 4.74 Å². The summed E-state index contributed by atoms with van der Waals surface area (Å²) in [6.45, 7) is 8.87. The highest BCUT2D eigenvalue weighted by molar-refractivity contribution is 5.75. The number of hydrogen-bond donors (Lipinski definition) is 0. The van der Waals surface area contributed by atoms with E-state index in [4.69, 9.17) is 4.74 Å². The fourth-order valence-electron chi connectivity index (χ4n) is 3.17. The average Bonchev–Trinajstić information content (AvgIpc) is 2.34. The molecule has 0 aliphatic carbocycles. The fraction of sp³-hybridized carbons (Fsp3) is 0.933. The molecule has 0 aromatic carbocycles. The third-order valence-electron chi connectivity index (χ3n) is 4.27. The zero-order valence-electron chi connectivity index (χ0n) is 12.1. The van der Waals surface area contributed by atoms with Gasteiger partial charge in [-0.25, -0.2) is 0 Å². The first-order valence-electron chi connectivity index (χ1n) is 7.40. The maximum Gasteiger partial charge on any atom is 0.311 e. The Bertz CT molecular complexity index is 293. The van der Waals surface area contributed by atoms with Crippen molar-refractivity contribution >= 4 is 5.97 Å². The van der Waals surface area contributed by atoms with Crippen molar-refractivity contribution in [2.75, 3.05) is 19.7 Å². The van der Waals surface area contributed by atoms with Gasteiger partial charge in [0.1, 0.15) is 0 Å². The number of fused-ring (bicyclic) bond motifs is 1. The molecular formula is C15H27NO2. The molecule has 2 aliphatic rings. The summed E-state index contributed by atoms with van der Waals surface area (Å²) in [7, 11) is 0. The van der Waals surface area contributed by atoms with E-state index in [0.717, 1.165) is 0 Å². The Morgan fingerprint density at radius 2 is 1.89 bits per heavy atom. The van der Waals surface area contributed by atoms with Crippen molar-refractivity contribution in [2.24, 2.45) is 11.3 Å². The smallest absolute Gasteiger partial charge is 0.311 e. The molecule has 0 aromatic rings. The quantitative estimate of drug-likeness (QED) is 0.709. The van der Waals surface area contributed by atoms with Gasteiger partial charge in [-0.15, -0.1) is 0 Å².